The molecular weight excluding hydrogens is 541 g/mol. The molecule has 2 aromatic rings. The fourth-order valence-corrected chi connectivity index (χ4v) is 5.31. The minimum absolute atomic E-state index is 0.150. The Labute approximate surface area is 258 Å². The highest BCUT2D eigenvalue weighted by Crippen LogP contribution is 2.33. The van der Waals surface area contributed by atoms with Crippen LogP contribution in [0.5, 0.6) is 0 Å². The zero-order chi connectivity index (χ0) is 30.1. The molecule has 216 valence electrons. The number of allylic oxidation sites excluding steroid dienone is 6. The van der Waals surface area contributed by atoms with Crippen molar-refractivity contribution in [2.24, 2.45) is 0 Å². The van der Waals surface area contributed by atoms with Crippen LogP contribution in [-0.4, -0.2) is 35.1 Å². The summed E-state index contributed by atoms with van der Waals surface area (Å²) in [5.74, 6) is 0. The van der Waals surface area contributed by atoms with Crippen molar-refractivity contribution in [1.29, 1.82) is 5.41 Å². The number of thiol groups is 2. The van der Waals surface area contributed by atoms with Gasteiger partial charge in [0.2, 0.25) is 0 Å². The van der Waals surface area contributed by atoms with Gasteiger partial charge in [0, 0.05) is 42.0 Å². The third-order valence-electron chi connectivity index (χ3n) is 7.01. The van der Waals surface area contributed by atoms with Gasteiger partial charge in [0.15, 0.2) is 0 Å². The molecule has 2 unspecified atom stereocenters. The lowest BCUT2D eigenvalue weighted by Gasteiger charge is -2.33. The second-order valence-corrected chi connectivity index (χ2v) is 11.9. The van der Waals surface area contributed by atoms with Crippen molar-refractivity contribution < 1.29 is 0 Å². The average molecular weight is 585 g/mol. The molecule has 3 N–H and O–H groups in total. The van der Waals surface area contributed by atoms with Gasteiger partial charge in [0.05, 0.1) is 11.4 Å². The summed E-state index contributed by atoms with van der Waals surface area (Å²) in [6.07, 6.45) is 12.4. The van der Waals surface area contributed by atoms with E-state index in [-0.39, 0.29) is 11.4 Å². The summed E-state index contributed by atoms with van der Waals surface area (Å²) >= 11 is 9.96. The molecule has 41 heavy (non-hydrogen) atoms. The number of nitrogens with one attached hydrogen (secondary N) is 3. The van der Waals surface area contributed by atoms with Crippen molar-refractivity contribution in [3.05, 3.63) is 120 Å². The summed E-state index contributed by atoms with van der Waals surface area (Å²) in [7, 11) is 2.01. The van der Waals surface area contributed by atoms with E-state index in [2.05, 4.69) is 72.5 Å². The van der Waals surface area contributed by atoms with E-state index in [1.165, 1.54) is 12.8 Å². The lowest BCUT2D eigenvalue weighted by molar-refractivity contribution is 0.338. The second kappa shape index (κ2) is 15.0. The maximum Gasteiger partial charge on any atom is 0.0902 e. The molecule has 0 heterocycles. The third-order valence-corrected chi connectivity index (χ3v) is 7.84. The molecule has 0 aliphatic heterocycles. The number of benzene rings is 2. The molecule has 3 rings (SSSR count). The van der Waals surface area contributed by atoms with Gasteiger partial charge in [-0.3, -0.25) is 0 Å². The number of aryl methyl sites for hydroxylation is 1. The molecule has 0 saturated heterocycles. The third kappa shape index (κ3) is 9.61. The minimum Gasteiger partial charge on any atom is -0.388 e. The Kier molecular flexibility index (Phi) is 11.8. The van der Waals surface area contributed by atoms with Gasteiger partial charge in [-0.2, -0.15) is 12.6 Å². The van der Waals surface area contributed by atoms with E-state index in [1.54, 1.807) is 6.08 Å². The van der Waals surface area contributed by atoms with Gasteiger partial charge in [-0.05, 0) is 80.3 Å². The number of likely N-dealkylation sites (N-methyl/N-ethyl adjacent to an activating group) is 1. The molecule has 0 radical (unpaired) electrons. The Morgan fingerprint density at radius 1 is 1.10 bits per heavy atom. The Balaban J connectivity index is 1.91. The van der Waals surface area contributed by atoms with E-state index >= 15 is 0 Å². The van der Waals surface area contributed by atoms with Crippen LogP contribution >= 0.6 is 25.3 Å². The number of nitrogens with zero attached hydrogens (tertiary/aromatic N) is 1. The standard InChI is InChI=1S/C35H44N4S2/c1-8-9-31(32-20-25(6)10-17-30(32)24(4)5)34(40)22-39(7)33(21-27(36)18-19-37-28-15-16-28)35(41)38-29-13-11-26(12-14-29)23(2)3/h8-14,17-20,22,28,33,35-38,40-41H,1-2,4,15-16,21H2,3,5-7H3/b19-18-,31-9-,34-22+,36-27?. The van der Waals surface area contributed by atoms with Crippen LogP contribution in [0.3, 0.4) is 0 Å². The molecule has 0 amide bonds. The molecule has 0 bridgehead atoms. The zero-order valence-corrected chi connectivity index (χ0v) is 26.5. The van der Waals surface area contributed by atoms with Gasteiger partial charge >= 0.3 is 0 Å². The molecule has 2 aromatic carbocycles. The fraction of sp³-hybridized carbons (Fsp3) is 0.286. The summed E-state index contributed by atoms with van der Waals surface area (Å²) in [4.78, 5) is 2.88. The largest absolute Gasteiger partial charge is 0.388 e. The predicted octanol–water partition coefficient (Wildman–Crippen LogP) is 8.75. The van der Waals surface area contributed by atoms with E-state index in [0.29, 0.717) is 18.2 Å². The normalized spacial score (nSPS) is 15.3. The average Bonchev–Trinajstić information content (AvgIpc) is 3.74. The predicted molar refractivity (Wildman–Crippen MR) is 188 cm³/mol. The summed E-state index contributed by atoms with van der Waals surface area (Å²) in [5, 5.41) is 15.3. The van der Waals surface area contributed by atoms with E-state index in [4.69, 9.17) is 30.7 Å². The molecule has 6 heteroatoms. The van der Waals surface area contributed by atoms with Crippen LogP contribution in [0.15, 0.2) is 97.7 Å². The van der Waals surface area contributed by atoms with Crippen LogP contribution in [0, 0.1) is 12.3 Å². The lowest BCUT2D eigenvalue weighted by Crippen LogP contribution is -2.41. The van der Waals surface area contributed by atoms with Crippen LogP contribution in [0.2, 0.25) is 0 Å². The summed E-state index contributed by atoms with van der Waals surface area (Å²) in [6.45, 7) is 18.3. The first-order valence-electron chi connectivity index (χ1n) is 13.9. The molecule has 2 atom stereocenters. The molecule has 1 aliphatic rings. The minimum atomic E-state index is -0.269. The van der Waals surface area contributed by atoms with Gasteiger partial charge in [0.1, 0.15) is 0 Å². The van der Waals surface area contributed by atoms with Gasteiger partial charge in [-0.1, -0.05) is 78.9 Å². The second-order valence-electron chi connectivity index (χ2n) is 10.8. The zero-order valence-electron chi connectivity index (χ0n) is 24.7. The Morgan fingerprint density at radius 2 is 1.78 bits per heavy atom. The molecule has 4 nitrogen and oxygen atoms in total. The summed E-state index contributed by atoms with van der Waals surface area (Å²) in [5.41, 5.74) is 8.84. The maximum atomic E-state index is 8.69. The van der Waals surface area contributed by atoms with Gasteiger partial charge in [-0.25, -0.2) is 0 Å². The quantitative estimate of drug-likeness (QED) is 0.0630. The van der Waals surface area contributed by atoms with E-state index < -0.39 is 0 Å². The van der Waals surface area contributed by atoms with Crippen molar-refractivity contribution in [2.45, 2.75) is 57.5 Å². The van der Waals surface area contributed by atoms with Crippen LogP contribution in [0.4, 0.5) is 5.69 Å². The Morgan fingerprint density at radius 3 is 2.37 bits per heavy atom. The van der Waals surface area contributed by atoms with Crippen LogP contribution in [-0.2, 0) is 0 Å². The first-order valence-corrected chi connectivity index (χ1v) is 14.9. The summed E-state index contributed by atoms with van der Waals surface area (Å²) < 4.78 is 0. The smallest absolute Gasteiger partial charge is 0.0902 e. The van der Waals surface area contributed by atoms with E-state index in [0.717, 1.165) is 49.6 Å². The van der Waals surface area contributed by atoms with E-state index in [1.807, 2.05) is 57.6 Å². The molecule has 1 aliphatic carbocycles. The molecule has 1 fully saturated rings. The molecule has 0 spiro atoms. The number of hydrogen-bond donors (Lipinski definition) is 5. The first-order chi connectivity index (χ1) is 19.5. The first kappa shape index (κ1) is 32.2. The monoisotopic (exact) mass is 584 g/mol. The maximum absolute atomic E-state index is 8.69. The van der Waals surface area contributed by atoms with Gasteiger partial charge in [0.25, 0.3) is 0 Å². The van der Waals surface area contributed by atoms with E-state index in [9.17, 15) is 0 Å². The number of anilines is 1. The van der Waals surface area contributed by atoms with Crippen molar-refractivity contribution in [2.75, 3.05) is 12.4 Å². The van der Waals surface area contributed by atoms with Crippen molar-refractivity contribution >= 4 is 53.4 Å². The fourth-order valence-electron chi connectivity index (χ4n) is 4.47. The van der Waals surface area contributed by atoms with Gasteiger partial charge < -0.3 is 20.9 Å². The topological polar surface area (TPSA) is 51.2 Å². The Hall–Kier alpha value is -3.35. The van der Waals surface area contributed by atoms with Crippen molar-refractivity contribution in [3.63, 3.8) is 0 Å². The lowest BCUT2D eigenvalue weighted by atomic mass is 9.93. The molecule has 1 saturated carbocycles. The molecule has 0 aromatic heterocycles. The highest BCUT2D eigenvalue weighted by atomic mass is 32.1. The van der Waals surface area contributed by atoms with Crippen LogP contribution < -0.4 is 10.6 Å². The van der Waals surface area contributed by atoms with Gasteiger partial charge in [-0.15, -0.1) is 12.6 Å². The SMILES string of the molecule is C=C/C=C(\C(S)=C/N(C)C(CC(=N)/C=C\NC1CC1)C(S)Nc1ccc(C(=C)C)cc1)c1cc(C)ccc1C(=C)C. The van der Waals surface area contributed by atoms with Crippen LogP contribution in [0.1, 0.15) is 55.4 Å². The van der Waals surface area contributed by atoms with Crippen molar-refractivity contribution in [1.82, 2.24) is 10.2 Å². The Bertz CT molecular complexity index is 1360. The van der Waals surface area contributed by atoms with Crippen LogP contribution in [0.25, 0.3) is 16.7 Å². The molecular formula is C35H44N4S2. The highest BCUT2D eigenvalue weighted by molar-refractivity contribution is 7.85. The summed E-state index contributed by atoms with van der Waals surface area (Å²) in [6, 6.07) is 14.9. The van der Waals surface area contributed by atoms with Crippen molar-refractivity contribution in [3.8, 4) is 0 Å². The number of rotatable bonds is 15. The number of hydrogen-bond acceptors (Lipinski definition) is 6. The highest BCUT2D eigenvalue weighted by Gasteiger charge is 2.24.